The third kappa shape index (κ3) is 3.14. The molecule has 9 unspecified atom stereocenters. The number of methoxy groups -OCH3 is 1. The van der Waals surface area contributed by atoms with E-state index in [0.29, 0.717) is 28.7 Å². The van der Waals surface area contributed by atoms with E-state index in [1.54, 1.807) is 0 Å². The van der Waals surface area contributed by atoms with Crippen LogP contribution in [-0.2, 0) is 11.3 Å². The van der Waals surface area contributed by atoms with Gasteiger partial charge in [-0.1, -0.05) is 13.8 Å². The van der Waals surface area contributed by atoms with Gasteiger partial charge in [0.2, 0.25) is 0 Å². The molecule has 172 valence electrons. The van der Waals surface area contributed by atoms with Crippen LogP contribution in [0.4, 0.5) is 5.82 Å². The maximum atomic E-state index is 5.86. The molecular weight excluding hydrogens is 382 g/mol. The van der Waals surface area contributed by atoms with Crippen LogP contribution < -0.4 is 5.73 Å². The zero-order valence-corrected chi connectivity index (χ0v) is 19.9. The van der Waals surface area contributed by atoms with Crippen molar-refractivity contribution < 1.29 is 4.74 Å². The molecule has 6 rings (SSSR count). The second-order valence-corrected chi connectivity index (χ2v) is 12.6. The van der Waals surface area contributed by atoms with Crippen molar-refractivity contribution in [3.63, 3.8) is 0 Å². The lowest BCUT2D eigenvalue weighted by atomic mass is 9.48. The Kier molecular flexibility index (Phi) is 4.80. The van der Waals surface area contributed by atoms with Gasteiger partial charge in [0.15, 0.2) is 0 Å². The summed E-state index contributed by atoms with van der Waals surface area (Å²) in [5.74, 6) is 7.18. The Morgan fingerprint density at radius 2 is 1.94 bits per heavy atom. The molecule has 0 bridgehead atoms. The highest BCUT2D eigenvalue weighted by atomic mass is 16.5. The van der Waals surface area contributed by atoms with E-state index in [0.717, 1.165) is 42.1 Å². The predicted octanol–water partition coefficient (Wildman–Crippen LogP) is 5.78. The largest absolute Gasteiger partial charge is 0.382 e. The lowest BCUT2D eigenvalue weighted by Crippen LogP contribution is -2.49. The van der Waals surface area contributed by atoms with Crippen molar-refractivity contribution in [3.05, 3.63) is 12.3 Å². The van der Waals surface area contributed by atoms with E-state index in [2.05, 4.69) is 29.8 Å². The molecule has 1 aromatic heterocycles. The quantitative estimate of drug-likeness (QED) is 0.666. The van der Waals surface area contributed by atoms with Crippen LogP contribution in [0.3, 0.4) is 0 Å². The molecule has 5 aliphatic rings. The Labute approximate surface area is 188 Å². The molecule has 4 nitrogen and oxygen atoms in total. The summed E-state index contributed by atoms with van der Waals surface area (Å²) in [5, 5.41) is 4.47. The molecule has 5 saturated carbocycles. The SMILES string of the molecule is COC1CC12CCC1C(CCC3C1CCC1(C)C3CC[C@@H]1C(C)Cn1ccc(N)n1)C2. The minimum atomic E-state index is 0.541. The van der Waals surface area contributed by atoms with Crippen LogP contribution in [0.5, 0.6) is 0 Å². The van der Waals surface area contributed by atoms with Gasteiger partial charge in [-0.05, 0) is 123 Å². The highest BCUT2D eigenvalue weighted by Crippen LogP contribution is 2.68. The smallest absolute Gasteiger partial charge is 0.145 e. The molecule has 0 aliphatic heterocycles. The number of fused-ring (bicyclic) bond motifs is 5. The summed E-state index contributed by atoms with van der Waals surface area (Å²) in [4.78, 5) is 0. The first-order chi connectivity index (χ1) is 14.9. The van der Waals surface area contributed by atoms with Crippen LogP contribution in [0.2, 0.25) is 0 Å². The molecule has 10 atom stereocenters. The lowest BCUT2D eigenvalue weighted by Gasteiger charge is -2.57. The number of nitrogens with zero attached hydrogens (tertiary/aromatic N) is 2. The third-order valence-electron chi connectivity index (χ3n) is 11.5. The second kappa shape index (κ2) is 7.23. The molecule has 1 aromatic rings. The van der Waals surface area contributed by atoms with Gasteiger partial charge >= 0.3 is 0 Å². The van der Waals surface area contributed by atoms with Gasteiger partial charge < -0.3 is 10.5 Å². The average molecular weight is 426 g/mol. The fraction of sp³-hybridized carbons (Fsp3) is 0.889. The molecule has 4 heteroatoms. The van der Waals surface area contributed by atoms with Gasteiger partial charge in [-0.15, -0.1) is 0 Å². The minimum Gasteiger partial charge on any atom is -0.382 e. The summed E-state index contributed by atoms with van der Waals surface area (Å²) >= 11 is 0. The molecule has 0 aromatic carbocycles. The van der Waals surface area contributed by atoms with E-state index in [1.807, 2.05) is 13.2 Å². The summed E-state index contributed by atoms with van der Waals surface area (Å²) in [6, 6.07) is 1.93. The van der Waals surface area contributed by atoms with Gasteiger partial charge in [0.1, 0.15) is 5.82 Å². The Morgan fingerprint density at radius 1 is 1.10 bits per heavy atom. The highest BCUT2D eigenvalue weighted by Gasteiger charge is 2.62. The van der Waals surface area contributed by atoms with Gasteiger partial charge in [0.05, 0.1) is 6.10 Å². The van der Waals surface area contributed by atoms with Gasteiger partial charge in [0.25, 0.3) is 0 Å². The number of rotatable bonds is 4. The highest BCUT2D eigenvalue weighted by molar-refractivity contribution is 5.23. The van der Waals surface area contributed by atoms with E-state index >= 15 is 0 Å². The van der Waals surface area contributed by atoms with Crippen LogP contribution in [0.15, 0.2) is 12.3 Å². The molecule has 5 aliphatic carbocycles. The second-order valence-electron chi connectivity index (χ2n) is 12.6. The molecule has 0 saturated heterocycles. The number of ether oxygens (including phenoxy) is 1. The first kappa shape index (κ1) is 20.6. The predicted molar refractivity (Wildman–Crippen MR) is 124 cm³/mol. The van der Waals surface area contributed by atoms with E-state index in [-0.39, 0.29) is 0 Å². The molecule has 0 amide bonds. The van der Waals surface area contributed by atoms with E-state index in [9.17, 15) is 0 Å². The number of nitrogens with two attached hydrogens (primary N) is 1. The van der Waals surface area contributed by atoms with E-state index in [1.165, 1.54) is 64.2 Å². The van der Waals surface area contributed by atoms with Gasteiger partial charge in [-0.3, -0.25) is 4.68 Å². The Hall–Kier alpha value is -1.03. The van der Waals surface area contributed by atoms with Crippen LogP contribution in [-0.4, -0.2) is 23.0 Å². The minimum absolute atomic E-state index is 0.541. The van der Waals surface area contributed by atoms with Crippen LogP contribution in [0.25, 0.3) is 0 Å². The van der Waals surface area contributed by atoms with E-state index < -0.39 is 0 Å². The first-order valence-corrected chi connectivity index (χ1v) is 13.3. The van der Waals surface area contributed by atoms with Crippen LogP contribution >= 0.6 is 0 Å². The first-order valence-electron chi connectivity index (χ1n) is 13.3. The van der Waals surface area contributed by atoms with E-state index in [4.69, 9.17) is 10.5 Å². The van der Waals surface area contributed by atoms with Gasteiger partial charge in [0, 0.05) is 19.9 Å². The van der Waals surface area contributed by atoms with Crippen molar-refractivity contribution in [2.45, 2.75) is 90.7 Å². The Balaban J connectivity index is 1.15. The Bertz CT molecular complexity index is 821. The van der Waals surface area contributed by atoms with Crippen molar-refractivity contribution in [2.75, 3.05) is 12.8 Å². The van der Waals surface area contributed by atoms with Crippen molar-refractivity contribution in [2.24, 2.45) is 52.3 Å². The summed E-state index contributed by atoms with van der Waals surface area (Å²) in [7, 11) is 1.93. The number of aromatic nitrogens is 2. The number of nitrogen functional groups attached to an aromatic ring is 1. The molecule has 1 spiro atoms. The summed E-state index contributed by atoms with van der Waals surface area (Å²) in [6.45, 7) is 6.17. The molecule has 2 N–H and O–H groups in total. The van der Waals surface area contributed by atoms with Crippen molar-refractivity contribution in [1.82, 2.24) is 9.78 Å². The standard InChI is InChI=1S/C27H43N3O/c1-17(16-30-13-10-25(28)29-30)22-6-7-23-21-5-4-18-14-27(15-24(27)31-3)12-9-19(18)20(21)8-11-26(22,23)2/h10,13,17-24H,4-9,11-12,14-16H2,1-3H3,(H2,28,29)/t17?,18?,19?,20?,21?,22-,23?,24?,26?,27?/m1/s1. The molecule has 0 radical (unpaired) electrons. The van der Waals surface area contributed by atoms with Crippen molar-refractivity contribution >= 4 is 5.82 Å². The molecule has 31 heavy (non-hydrogen) atoms. The van der Waals surface area contributed by atoms with Gasteiger partial charge in [-0.2, -0.15) is 5.10 Å². The number of hydrogen-bond acceptors (Lipinski definition) is 3. The number of hydrogen-bond donors (Lipinski definition) is 1. The summed E-state index contributed by atoms with van der Waals surface area (Å²) in [5.41, 5.74) is 7.00. The van der Waals surface area contributed by atoms with Crippen LogP contribution in [0.1, 0.15) is 78.1 Å². The van der Waals surface area contributed by atoms with Gasteiger partial charge in [-0.25, -0.2) is 0 Å². The summed E-state index contributed by atoms with van der Waals surface area (Å²) in [6.07, 6.45) is 17.3. The fourth-order valence-corrected chi connectivity index (χ4v) is 10.0. The molecule has 5 fully saturated rings. The molecular formula is C27H43N3O. The monoisotopic (exact) mass is 425 g/mol. The van der Waals surface area contributed by atoms with Crippen molar-refractivity contribution in [3.8, 4) is 0 Å². The lowest BCUT2D eigenvalue weighted by molar-refractivity contribution is -0.0795. The normalized spacial score (nSPS) is 49.3. The zero-order valence-electron chi connectivity index (χ0n) is 19.9. The Morgan fingerprint density at radius 3 is 2.68 bits per heavy atom. The third-order valence-corrected chi connectivity index (χ3v) is 11.5. The van der Waals surface area contributed by atoms with Crippen LogP contribution in [0, 0.1) is 52.3 Å². The fourth-order valence-electron chi connectivity index (χ4n) is 10.0. The maximum absolute atomic E-state index is 5.86. The average Bonchev–Trinajstić information content (AvgIpc) is 3.05. The topological polar surface area (TPSA) is 53.1 Å². The number of anilines is 1. The zero-order chi connectivity index (χ0) is 21.4. The summed E-state index contributed by atoms with van der Waals surface area (Å²) < 4.78 is 7.86. The molecule has 1 heterocycles. The van der Waals surface area contributed by atoms with Crippen molar-refractivity contribution in [1.29, 1.82) is 0 Å². The maximum Gasteiger partial charge on any atom is 0.145 e.